The van der Waals surface area contributed by atoms with Crippen molar-refractivity contribution in [3.05, 3.63) is 22.8 Å². The molecule has 36 heavy (non-hydrogen) atoms. The van der Waals surface area contributed by atoms with Gasteiger partial charge in [-0.05, 0) is 82.1 Å². The molecule has 6 aliphatic rings. The minimum atomic E-state index is -1.27. The van der Waals surface area contributed by atoms with Crippen LogP contribution in [0, 0.1) is 28.6 Å². The lowest BCUT2D eigenvalue weighted by Crippen LogP contribution is -2.68. The third kappa shape index (κ3) is 2.78. The Kier molecular flexibility index (Phi) is 5.18. The zero-order valence-electron chi connectivity index (χ0n) is 22.3. The molecule has 2 heterocycles. The number of carbonyl (C=O) groups excluding carboxylic acids is 2. The molecule has 7 nitrogen and oxygen atoms in total. The number of hydrogen-bond acceptors (Lipinski definition) is 7. The van der Waals surface area contributed by atoms with Crippen molar-refractivity contribution in [1.82, 2.24) is 0 Å². The van der Waals surface area contributed by atoms with Gasteiger partial charge in [0.1, 0.15) is 29.2 Å². The maximum Gasteiger partial charge on any atom is 0.334 e. The summed E-state index contributed by atoms with van der Waals surface area (Å²) in [5.41, 5.74) is -0.530. The number of fused-ring (bicyclic) bond motifs is 4. The molecule has 7 heteroatoms. The first kappa shape index (κ1) is 24.8. The summed E-state index contributed by atoms with van der Waals surface area (Å²) in [6, 6.07) is 0. The van der Waals surface area contributed by atoms with Crippen LogP contribution in [0.5, 0.6) is 0 Å². The number of cyclic esters (lactones) is 1. The number of Topliss-reactive ketones (excluding diaryl/α,β-unsaturated/α-hetero) is 1. The summed E-state index contributed by atoms with van der Waals surface area (Å²) in [6.45, 7) is 9.79. The molecular weight excluding hydrogens is 460 g/mol. The highest BCUT2D eigenvalue weighted by Gasteiger charge is 2.82. The predicted octanol–water partition coefficient (Wildman–Crippen LogP) is 3.26. The van der Waals surface area contributed by atoms with Gasteiger partial charge in [-0.1, -0.05) is 18.6 Å². The average Bonchev–Trinajstić information content (AvgIpc) is 3.45. The summed E-state index contributed by atoms with van der Waals surface area (Å²) in [7, 11) is 1.55. The van der Waals surface area contributed by atoms with Gasteiger partial charge in [0.15, 0.2) is 0 Å². The van der Waals surface area contributed by atoms with Crippen LogP contribution in [0.25, 0.3) is 0 Å². The van der Waals surface area contributed by atoms with Crippen LogP contribution in [0.1, 0.15) is 73.1 Å². The van der Waals surface area contributed by atoms with E-state index in [1.165, 1.54) is 0 Å². The Bertz CT molecular complexity index is 1090. The molecule has 6 rings (SSSR count). The molecule has 0 aromatic rings. The summed E-state index contributed by atoms with van der Waals surface area (Å²) in [4.78, 5) is 26.1. The number of carbonyl (C=O) groups is 2. The Morgan fingerprint density at radius 1 is 1.17 bits per heavy atom. The standard InChI is InChI=1S/C29H40O7/c1-14-11-22(35-25(32)15(14)2)28(5,33)20-8-7-17-16-12-23-29(36-23)24(31)19(34-6)13-21(30)27(29,4)18(16)9-10-26(17,20)3/h8,16-19,22-24,31,33H,7,9-13H2,1-6H3. The highest BCUT2D eigenvalue weighted by molar-refractivity contribution is 5.90. The van der Waals surface area contributed by atoms with Crippen molar-refractivity contribution in [2.45, 2.75) is 109 Å². The molecule has 0 bridgehead atoms. The molecule has 11 unspecified atom stereocenters. The topological polar surface area (TPSA) is 106 Å². The number of ketones is 1. The molecule has 0 amide bonds. The molecule has 2 N–H and O–H groups in total. The molecule has 0 radical (unpaired) electrons. The van der Waals surface area contributed by atoms with Crippen molar-refractivity contribution >= 4 is 11.8 Å². The molecule has 198 valence electrons. The highest BCUT2D eigenvalue weighted by Crippen LogP contribution is 2.73. The summed E-state index contributed by atoms with van der Waals surface area (Å²) in [5, 5.41) is 23.1. The maximum atomic E-state index is 13.7. The van der Waals surface area contributed by atoms with E-state index in [4.69, 9.17) is 14.2 Å². The van der Waals surface area contributed by atoms with Gasteiger partial charge in [-0.2, -0.15) is 0 Å². The van der Waals surface area contributed by atoms with E-state index in [1.54, 1.807) is 21.0 Å². The van der Waals surface area contributed by atoms with Crippen LogP contribution in [-0.4, -0.2) is 64.7 Å². The van der Waals surface area contributed by atoms with Gasteiger partial charge in [-0.3, -0.25) is 4.79 Å². The minimum absolute atomic E-state index is 0.118. The fourth-order valence-corrected chi connectivity index (χ4v) is 9.44. The third-order valence-corrected chi connectivity index (χ3v) is 11.7. The fraction of sp³-hybridized carbons (Fsp3) is 0.793. The normalized spacial score (nSPS) is 51.3. The van der Waals surface area contributed by atoms with E-state index < -0.39 is 34.9 Å². The molecular formula is C29H40O7. The summed E-state index contributed by atoms with van der Waals surface area (Å²) in [6.07, 6.45) is 4.14. The van der Waals surface area contributed by atoms with Crippen molar-refractivity contribution < 1.29 is 34.0 Å². The molecule has 1 spiro atoms. The van der Waals surface area contributed by atoms with Crippen LogP contribution >= 0.6 is 0 Å². The van der Waals surface area contributed by atoms with E-state index in [-0.39, 0.29) is 47.4 Å². The number of rotatable bonds is 3. The molecule has 4 aliphatic carbocycles. The van der Waals surface area contributed by atoms with Crippen LogP contribution in [-0.2, 0) is 23.8 Å². The van der Waals surface area contributed by atoms with Crippen molar-refractivity contribution in [1.29, 1.82) is 0 Å². The van der Waals surface area contributed by atoms with Gasteiger partial charge in [-0.15, -0.1) is 0 Å². The Morgan fingerprint density at radius 2 is 1.89 bits per heavy atom. The Morgan fingerprint density at radius 3 is 2.56 bits per heavy atom. The second kappa shape index (κ2) is 7.52. The fourth-order valence-electron chi connectivity index (χ4n) is 9.44. The van der Waals surface area contributed by atoms with Gasteiger partial charge >= 0.3 is 5.97 Å². The van der Waals surface area contributed by atoms with Crippen molar-refractivity contribution in [2.75, 3.05) is 7.11 Å². The first-order chi connectivity index (χ1) is 16.8. The maximum absolute atomic E-state index is 13.7. The van der Waals surface area contributed by atoms with Gasteiger partial charge in [0.05, 0.1) is 17.6 Å². The second-order valence-electron chi connectivity index (χ2n) is 13.0. The first-order valence-electron chi connectivity index (χ1n) is 13.6. The summed E-state index contributed by atoms with van der Waals surface area (Å²) in [5.74, 6) is 0.434. The molecule has 0 aromatic carbocycles. The third-order valence-electron chi connectivity index (χ3n) is 11.7. The van der Waals surface area contributed by atoms with Gasteiger partial charge < -0.3 is 24.4 Å². The lowest BCUT2D eigenvalue weighted by molar-refractivity contribution is -0.182. The van der Waals surface area contributed by atoms with Crippen LogP contribution in [0.15, 0.2) is 22.8 Å². The van der Waals surface area contributed by atoms with Crippen LogP contribution < -0.4 is 0 Å². The van der Waals surface area contributed by atoms with E-state index >= 15 is 0 Å². The van der Waals surface area contributed by atoms with Gasteiger partial charge in [0, 0.05) is 25.5 Å². The van der Waals surface area contributed by atoms with E-state index in [1.807, 2.05) is 13.8 Å². The number of aliphatic hydroxyl groups is 2. The highest BCUT2D eigenvalue weighted by atomic mass is 16.6. The zero-order valence-corrected chi connectivity index (χ0v) is 22.3. The van der Waals surface area contributed by atoms with Crippen LogP contribution in [0.4, 0.5) is 0 Å². The molecule has 2 aliphatic heterocycles. The Balaban J connectivity index is 1.30. The van der Waals surface area contributed by atoms with Crippen molar-refractivity contribution in [3.63, 3.8) is 0 Å². The first-order valence-corrected chi connectivity index (χ1v) is 13.6. The summed E-state index contributed by atoms with van der Waals surface area (Å²) < 4.78 is 17.5. The van der Waals surface area contributed by atoms with Gasteiger partial charge in [0.2, 0.25) is 0 Å². The smallest absolute Gasteiger partial charge is 0.334 e. The molecule has 0 aromatic heterocycles. The van der Waals surface area contributed by atoms with E-state index in [0.29, 0.717) is 12.0 Å². The molecule has 1 saturated heterocycles. The number of ether oxygens (including phenoxy) is 3. The monoisotopic (exact) mass is 500 g/mol. The number of epoxide rings is 1. The lowest BCUT2D eigenvalue weighted by atomic mass is 9.43. The average molecular weight is 501 g/mol. The predicted molar refractivity (Wildman–Crippen MR) is 131 cm³/mol. The SMILES string of the molecule is COC1CC(=O)C2(C)C3CCC4(C)C(C(C)(O)C5CC(C)=C(C)C(=O)O5)=CCC4C3CC3OC32C1O. The number of hydrogen-bond donors (Lipinski definition) is 2. The zero-order chi connectivity index (χ0) is 26.0. The Labute approximate surface area is 213 Å². The second-order valence-corrected chi connectivity index (χ2v) is 13.0. The van der Waals surface area contributed by atoms with Crippen LogP contribution in [0.3, 0.4) is 0 Å². The minimum Gasteiger partial charge on any atom is -0.455 e. The summed E-state index contributed by atoms with van der Waals surface area (Å²) >= 11 is 0. The van der Waals surface area contributed by atoms with E-state index in [0.717, 1.165) is 36.8 Å². The largest absolute Gasteiger partial charge is 0.455 e. The van der Waals surface area contributed by atoms with E-state index in [9.17, 15) is 19.8 Å². The van der Waals surface area contributed by atoms with Crippen molar-refractivity contribution in [2.24, 2.45) is 28.6 Å². The molecule has 11 atom stereocenters. The molecule has 3 saturated carbocycles. The van der Waals surface area contributed by atoms with Crippen LogP contribution in [0.2, 0.25) is 0 Å². The Hall–Kier alpha value is -1.54. The molecule has 4 fully saturated rings. The number of esters is 1. The van der Waals surface area contributed by atoms with E-state index in [2.05, 4.69) is 13.0 Å². The van der Waals surface area contributed by atoms with Gasteiger partial charge in [0.25, 0.3) is 0 Å². The lowest BCUT2D eigenvalue weighted by Gasteiger charge is -2.59. The number of methoxy groups -OCH3 is 1. The number of allylic oxidation sites excluding steroid dienone is 1. The quantitative estimate of drug-likeness (QED) is 0.348. The van der Waals surface area contributed by atoms with Gasteiger partial charge in [-0.25, -0.2) is 4.79 Å². The van der Waals surface area contributed by atoms with Crippen molar-refractivity contribution in [3.8, 4) is 0 Å². The number of aliphatic hydroxyl groups excluding tert-OH is 1.